The van der Waals surface area contributed by atoms with Crippen molar-refractivity contribution in [3.05, 3.63) is 51.7 Å². The average Bonchev–Trinajstić information content (AvgIpc) is 3.44. The monoisotopic (exact) mass is 505 g/mol. The van der Waals surface area contributed by atoms with Crippen molar-refractivity contribution in [2.24, 2.45) is 0 Å². The summed E-state index contributed by atoms with van der Waals surface area (Å²) in [5, 5.41) is 2.66. The fraction of sp³-hybridized carbons (Fsp3) is 0.348. The number of likely N-dealkylation sites (tertiary alicyclic amines) is 1. The van der Waals surface area contributed by atoms with Crippen LogP contribution in [-0.4, -0.2) is 68.6 Å². The third-order valence-corrected chi connectivity index (χ3v) is 6.66. The number of carbonyl (C=O) groups excluding carboxylic acids is 3. The first kappa shape index (κ1) is 24.2. The van der Waals surface area contributed by atoms with E-state index in [0.717, 1.165) is 10.6 Å². The molecule has 0 radical (unpaired) electrons. The van der Waals surface area contributed by atoms with Gasteiger partial charge < -0.3 is 24.0 Å². The van der Waals surface area contributed by atoms with Crippen LogP contribution in [0.5, 0.6) is 0 Å². The Morgan fingerprint density at radius 3 is 2.71 bits per heavy atom. The van der Waals surface area contributed by atoms with Crippen molar-refractivity contribution in [2.75, 3.05) is 43.6 Å². The topological polar surface area (TPSA) is 97.4 Å². The van der Waals surface area contributed by atoms with Gasteiger partial charge in [0.05, 0.1) is 23.6 Å². The molecule has 2 saturated heterocycles. The molecule has 0 unspecified atom stereocenters. The summed E-state index contributed by atoms with van der Waals surface area (Å²) in [6.45, 7) is 1.33. The largest absolute Gasteiger partial charge is 0.425 e. The van der Waals surface area contributed by atoms with Crippen LogP contribution in [0.25, 0.3) is 6.08 Å². The Balaban J connectivity index is 1.36. The maximum Gasteiger partial charge on any atom is 0.413 e. The zero-order valence-electron chi connectivity index (χ0n) is 18.4. The molecule has 9 nitrogen and oxygen atoms in total. The molecule has 3 amide bonds. The second-order valence-electron chi connectivity index (χ2n) is 7.69. The highest BCUT2D eigenvalue weighted by Crippen LogP contribution is 2.25. The first-order valence-electron chi connectivity index (χ1n) is 10.7. The van der Waals surface area contributed by atoms with Gasteiger partial charge in [-0.2, -0.15) is 0 Å². The van der Waals surface area contributed by atoms with Gasteiger partial charge in [0.2, 0.25) is 5.91 Å². The SMILES string of the molecule is CO[C@@H]1C[C@@H](OC(=O)Nc2ccc(N3CCOCC3=O)cc2)N(C(=O)C=Cc2ccc(Cl)s2)C1. The van der Waals surface area contributed by atoms with Crippen LogP contribution in [-0.2, 0) is 23.8 Å². The average molecular weight is 506 g/mol. The minimum absolute atomic E-state index is 0.0572. The summed E-state index contributed by atoms with van der Waals surface area (Å²) in [7, 11) is 1.56. The predicted octanol–water partition coefficient (Wildman–Crippen LogP) is 3.60. The van der Waals surface area contributed by atoms with Crippen LogP contribution < -0.4 is 10.2 Å². The van der Waals surface area contributed by atoms with Crippen molar-refractivity contribution in [1.29, 1.82) is 0 Å². The molecule has 2 atom stereocenters. The fourth-order valence-corrected chi connectivity index (χ4v) is 4.70. The van der Waals surface area contributed by atoms with E-state index in [-0.39, 0.29) is 24.5 Å². The van der Waals surface area contributed by atoms with Gasteiger partial charge in [-0.1, -0.05) is 11.6 Å². The lowest BCUT2D eigenvalue weighted by Crippen LogP contribution is -2.41. The lowest BCUT2D eigenvalue weighted by atomic mass is 10.2. The van der Waals surface area contributed by atoms with Gasteiger partial charge in [0, 0.05) is 42.4 Å². The number of carbonyl (C=O) groups is 3. The van der Waals surface area contributed by atoms with E-state index in [9.17, 15) is 14.4 Å². The van der Waals surface area contributed by atoms with Crippen molar-refractivity contribution in [3.8, 4) is 0 Å². The van der Waals surface area contributed by atoms with Crippen LogP contribution in [0.4, 0.5) is 16.2 Å². The molecule has 34 heavy (non-hydrogen) atoms. The van der Waals surface area contributed by atoms with E-state index < -0.39 is 12.3 Å². The molecule has 1 aromatic heterocycles. The molecule has 1 aromatic carbocycles. The second-order valence-corrected chi connectivity index (χ2v) is 9.44. The number of hydrogen-bond donors (Lipinski definition) is 1. The van der Waals surface area contributed by atoms with Crippen molar-refractivity contribution < 1.29 is 28.6 Å². The molecule has 3 heterocycles. The standard InChI is InChI=1S/C23H24ClN3O6S/c1-31-17-12-22(27(13-17)20(28)9-7-18-6-8-19(24)34-18)33-23(30)25-15-2-4-16(5-3-15)26-10-11-32-14-21(26)29/h2-9,17,22H,10-14H2,1H3,(H,25,30)/t17-,22-/m1/s1. The first-order valence-corrected chi connectivity index (χ1v) is 11.8. The van der Waals surface area contributed by atoms with E-state index in [4.69, 9.17) is 25.8 Å². The zero-order valence-corrected chi connectivity index (χ0v) is 20.0. The first-order chi connectivity index (χ1) is 16.4. The van der Waals surface area contributed by atoms with Gasteiger partial charge in [0.1, 0.15) is 6.61 Å². The molecule has 180 valence electrons. The number of thiophene rings is 1. The van der Waals surface area contributed by atoms with Crippen molar-refractivity contribution in [3.63, 3.8) is 0 Å². The number of methoxy groups -OCH3 is 1. The van der Waals surface area contributed by atoms with Gasteiger partial charge in [-0.05, 0) is 42.5 Å². The Morgan fingerprint density at radius 1 is 1.24 bits per heavy atom. The van der Waals surface area contributed by atoms with Crippen molar-refractivity contribution in [1.82, 2.24) is 4.90 Å². The summed E-state index contributed by atoms with van der Waals surface area (Å²) < 4.78 is 16.7. The van der Waals surface area contributed by atoms with Gasteiger partial charge in [-0.3, -0.25) is 14.9 Å². The number of nitrogens with zero attached hydrogens (tertiary/aromatic N) is 2. The Hall–Kier alpha value is -2.92. The van der Waals surface area contributed by atoms with Crippen LogP contribution in [0, 0.1) is 0 Å². The second kappa shape index (κ2) is 11.0. The highest BCUT2D eigenvalue weighted by Gasteiger charge is 2.37. The number of benzene rings is 1. The molecule has 11 heteroatoms. The summed E-state index contributed by atoms with van der Waals surface area (Å²) in [5.74, 6) is -0.400. The van der Waals surface area contributed by atoms with Gasteiger partial charge >= 0.3 is 6.09 Å². The number of nitrogens with one attached hydrogen (secondary N) is 1. The Labute approximate surface area is 205 Å². The van der Waals surface area contributed by atoms with Crippen LogP contribution in [0.2, 0.25) is 4.34 Å². The smallest absolute Gasteiger partial charge is 0.413 e. The number of rotatable bonds is 6. The van der Waals surface area contributed by atoms with E-state index in [1.807, 2.05) is 6.07 Å². The summed E-state index contributed by atoms with van der Waals surface area (Å²) >= 11 is 7.29. The molecular formula is C23H24ClN3O6S. The summed E-state index contributed by atoms with van der Waals surface area (Å²) in [6, 6.07) is 10.4. The maximum absolute atomic E-state index is 12.8. The van der Waals surface area contributed by atoms with Crippen LogP contribution >= 0.6 is 22.9 Å². The molecule has 0 spiro atoms. The number of hydrogen-bond acceptors (Lipinski definition) is 7. The zero-order chi connectivity index (χ0) is 24.1. The Morgan fingerprint density at radius 2 is 2.03 bits per heavy atom. The third kappa shape index (κ3) is 5.95. The number of morpholine rings is 1. The maximum atomic E-state index is 12.8. The van der Waals surface area contributed by atoms with E-state index in [2.05, 4.69) is 5.32 Å². The number of amides is 3. The predicted molar refractivity (Wildman–Crippen MR) is 129 cm³/mol. The molecule has 2 aromatic rings. The highest BCUT2D eigenvalue weighted by atomic mass is 35.5. The molecule has 2 aliphatic rings. The van der Waals surface area contributed by atoms with Gasteiger partial charge in [0.15, 0.2) is 6.23 Å². The Kier molecular flexibility index (Phi) is 7.84. The highest BCUT2D eigenvalue weighted by molar-refractivity contribution is 7.17. The number of halogens is 1. The van der Waals surface area contributed by atoms with Gasteiger partial charge in [0.25, 0.3) is 5.91 Å². The molecular weight excluding hydrogens is 482 g/mol. The summed E-state index contributed by atoms with van der Waals surface area (Å²) in [5.41, 5.74) is 1.23. The van der Waals surface area contributed by atoms with Crippen molar-refractivity contribution in [2.45, 2.75) is 18.8 Å². The van der Waals surface area contributed by atoms with Gasteiger partial charge in [-0.25, -0.2) is 4.79 Å². The minimum Gasteiger partial charge on any atom is -0.425 e. The summed E-state index contributed by atoms with van der Waals surface area (Å²) in [6.07, 6.45) is 1.78. The van der Waals surface area contributed by atoms with Gasteiger partial charge in [-0.15, -0.1) is 11.3 Å². The van der Waals surface area contributed by atoms with E-state index in [1.165, 1.54) is 22.3 Å². The quantitative estimate of drug-likeness (QED) is 0.602. The molecule has 0 saturated carbocycles. The molecule has 1 N–H and O–H groups in total. The van der Waals surface area contributed by atoms with Crippen molar-refractivity contribution >= 4 is 58.3 Å². The fourth-order valence-electron chi connectivity index (χ4n) is 3.73. The molecule has 2 fully saturated rings. The molecule has 0 bridgehead atoms. The lowest BCUT2D eigenvalue weighted by Gasteiger charge is -2.27. The van der Waals surface area contributed by atoms with E-state index in [0.29, 0.717) is 36.1 Å². The normalized spacial score (nSPS) is 20.7. The number of anilines is 2. The molecule has 2 aliphatic heterocycles. The van der Waals surface area contributed by atoms with E-state index in [1.54, 1.807) is 48.4 Å². The van der Waals surface area contributed by atoms with Crippen LogP contribution in [0.1, 0.15) is 11.3 Å². The van der Waals surface area contributed by atoms with E-state index >= 15 is 0 Å². The Bertz CT molecular complexity index is 1070. The van der Waals surface area contributed by atoms with Crippen LogP contribution in [0.3, 0.4) is 0 Å². The summed E-state index contributed by atoms with van der Waals surface area (Å²) in [4.78, 5) is 41.2. The molecule has 4 rings (SSSR count). The van der Waals surface area contributed by atoms with Crippen LogP contribution in [0.15, 0.2) is 42.5 Å². The third-order valence-electron chi connectivity index (χ3n) is 5.47. The lowest BCUT2D eigenvalue weighted by molar-refractivity contribution is -0.132. The molecule has 0 aliphatic carbocycles. The minimum atomic E-state index is -0.765. The number of ether oxygens (including phenoxy) is 3.